The smallest absolute Gasteiger partial charge is 0.245 e. The number of carbonyl (C=O) groups is 1. The van der Waals surface area contributed by atoms with Gasteiger partial charge in [0.2, 0.25) is 5.91 Å². The highest BCUT2D eigenvalue weighted by Gasteiger charge is 2.28. The molecule has 0 bridgehead atoms. The summed E-state index contributed by atoms with van der Waals surface area (Å²) in [5.41, 5.74) is 6.01. The number of amides is 1. The number of carbonyl (C=O) groups excluding carboxylic acids is 1. The Bertz CT molecular complexity index is 378. The molecule has 2 atom stereocenters. The second-order valence-electron chi connectivity index (χ2n) is 4.50. The fourth-order valence-electron chi connectivity index (χ4n) is 2.30. The Balaban J connectivity index is 1.96. The number of nitrogens with two attached hydrogens (primary N) is 1. The van der Waals surface area contributed by atoms with E-state index in [9.17, 15) is 4.79 Å². The lowest BCUT2D eigenvalue weighted by molar-refractivity contribution is -0.136. The molecule has 0 aliphatic carbocycles. The Morgan fingerprint density at radius 1 is 1.72 bits per heavy atom. The van der Waals surface area contributed by atoms with Crippen LogP contribution in [0.2, 0.25) is 0 Å². The average Bonchev–Trinajstić information content (AvgIpc) is 2.91. The maximum absolute atomic E-state index is 12.3. The highest BCUT2D eigenvalue weighted by atomic mass is 32.1. The molecule has 0 radical (unpaired) electrons. The van der Waals surface area contributed by atoms with E-state index in [0.717, 1.165) is 24.3 Å². The van der Waals surface area contributed by atoms with Crippen LogP contribution in [0.4, 0.5) is 0 Å². The van der Waals surface area contributed by atoms with Crippen LogP contribution in [0, 0.1) is 0 Å². The van der Waals surface area contributed by atoms with Crippen LogP contribution in [-0.2, 0) is 9.53 Å². The number of hydrogen-bond donors (Lipinski definition) is 1. The highest BCUT2D eigenvalue weighted by molar-refractivity contribution is 7.10. The number of ether oxygens (including phenoxy) is 1. The van der Waals surface area contributed by atoms with Crippen LogP contribution in [0.5, 0.6) is 0 Å². The maximum atomic E-state index is 12.3. The SMILES string of the molecule is CCOC1CCCN(C(=O)C(N)c2cccs2)C1. The van der Waals surface area contributed by atoms with Crippen molar-refractivity contribution in [1.29, 1.82) is 0 Å². The molecule has 2 N–H and O–H groups in total. The van der Waals surface area contributed by atoms with Gasteiger partial charge >= 0.3 is 0 Å². The van der Waals surface area contributed by atoms with E-state index in [1.807, 2.05) is 29.3 Å². The van der Waals surface area contributed by atoms with Gasteiger partial charge in [0.15, 0.2) is 0 Å². The van der Waals surface area contributed by atoms with Crippen molar-refractivity contribution in [3.8, 4) is 0 Å². The second-order valence-corrected chi connectivity index (χ2v) is 5.48. The Morgan fingerprint density at radius 2 is 2.56 bits per heavy atom. The molecule has 100 valence electrons. The minimum Gasteiger partial charge on any atom is -0.377 e. The van der Waals surface area contributed by atoms with Gasteiger partial charge < -0.3 is 15.4 Å². The van der Waals surface area contributed by atoms with Gasteiger partial charge in [-0.15, -0.1) is 11.3 Å². The van der Waals surface area contributed by atoms with E-state index < -0.39 is 6.04 Å². The summed E-state index contributed by atoms with van der Waals surface area (Å²) in [6.07, 6.45) is 2.20. The minimum atomic E-state index is -0.523. The van der Waals surface area contributed by atoms with E-state index >= 15 is 0 Å². The molecule has 1 amide bonds. The quantitative estimate of drug-likeness (QED) is 0.905. The fourth-order valence-corrected chi connectivity index (χ4v) is 3.02. The molecule has 0 spiro atoms. The van der Waals surface area contributed by atoms with Crippen molar-refractivity contribution in [2.45, 2.75) is 31.9 Å². The molecule has 2 rings (SSSR count). The molecule has 1 saturated heterocycles. The van der Waals surface area contributed by atoms with Crippen molar-refractivity contribution in [3.05, 3.63) is 22.4 Å². The summed E-state index contributed by atoms with van der Waals surface area (Å²) < 4.78 is 5.60. The van der Waals surface area contributed by atoms with Crippen LogP contribution in [0.25, 0.3) is 0 Å². The molecule has 0 aromatic carbocycles. The summed E-state index contributed by atoms with van der Waals surface area (Å²) in [7, 11) is 0. The van der Waals surface area contributed by atoms with Crippen molar-refractivity contribution >= 4 is 17.2 Å². The standard InChI is InChI=1S/C13H20N2O2S/c1-2-17-10-5-3-7-15(9-10)13(16)12(14)11-6-4-8-18-11/h4,6,8,10,12H,2-3,5,7,9,14H2,1H3. The summed E-state index contributed by atoms with van der Waals surface area (Å²) in [4.78, 5) is 15.1. The average molecular weight is 268 g/mol. The van der Waals surface area contributed by atoms with Crippen molar-refractivity contribution in [1.82, 2.24) is 4.90 Å². The molecular weight excluding hydrogens is 248 g/mol. The van der Waals surface area contributed by atoms with Crippen molar-refractivity contribution in [2.24, 2.45) is 5.73 Å². The van der Waals surface area contributed by atoms with Crippen LogP contribution in [0.15, 0.2) is 17.5 Å². The highest BCUT2D eigenvalue weighted by Crippen LogP contribution is 2.21. The van der Waals surface area contributed by atoms with E-state index in [0.29, 0.717) is 13.2 Å². The molecule has 18 heavy (non-hydrogen) atoms. The predicted molar refractivity (Wildman–Crippen MR) is 72.5 cm³/mol. The lowest BCUT2D eigenvalue weighted by Crippen LogP contribution is -2.46. The number of nitrogens with zero attached hydrogens (tertiary/aromatic N) is 1. The summed E-state index contributed by atoms with van der Waals surface area (Å²) in [6, 6.07) is 3.31. The minimum absolute atomic E-state index is 0.0156. The van der Waals surface area contributed by atoms with Crippen LogP contribution in [0.1, 0.15) is 30.7 Å². The molecule has 1 aliphatic heterocycles. The van der Waals surface area contributed by atoms with Crippen LogP contribution < -0.4 is 5.73 Å². The van der Waals surface area contributed by atoms with E-state index in [2.05, 4.69) is 0 Å². The number of piperidine rings is 1. The molecule has 5 heteroatoms. The fraction of sp³-hybridized carbons (Fsp3) is 0.615. The van der Waals surface area contributed by atoms with Crippen molar-refractivity contribution < 1.29 is 9.53 Å². The van der Waals surface area contributed by atoms with Gasteiger partial charge in [0.25, 0.3) is 0 Å². The van der Waals surface area contributed by atoms with Crippen LogP contribution in [-0.4, -0.2) is 36.6 Å². The first-order chi connectivity index (χ1) is 8.72. The Hall–Kier alpha value is -0.910. The van der Waals surface area contributed by atoms with Gasteiger partial charge in [0.1, 0.15) is 6.04 Å². The third-order valence-corrected chi connectivity index (χ3v) is 4.16. The van der Waals surface area contributed by atoms with Crippen LogP contribution >= 0.6 is 11.3 Å². The zero-order valence-electron chi connectivity index (χ0n) is 10.7. The van der Waals surface area contributed by atoms with Gasteiger partial charge in [-0.2, -0.15) is 0 Å². The number of rotatable bonds is 4. The summed E-state index contributed by atoms with van der Waals surface area (Å²) in [6.45, 7) is 4.15. The normalized spacial score (nSPS) is 21.9. The molecule has 1 fully saturated rings. The van der Waals surface area contributed by atoms with E-state index in [1.54, 1.807) is 0 Å². The maximum Gasteiger partial charge on any atom is 0.245 e. The molecule has 2 unspecified atom stereocenters. The molecule has 4 nitrogen and oxygen atoms in total. The molecule has 0 saturated carbocycles. The lowest BCUT2D eigenvalue weighted by Gasteiger charge is -2.33. The molecule has 1 aromatic heterocycles. The topological polar surface area (TPSA) is 55.6 Å². The van der Waals surface area contributed by atoms with Gasteiger partial charge in [0, 0.05) is 24.6 Å². The van der Waals surface area contributed by atoms with Gasteiger partial charge in [0.05, 0.1) is 6.10 Å². The summed E-state index contributed by atoms with van der Waals surface area (Å²) in [5.74, 6) is 0.0156. The van der Waals surface area contributed by atoms with Crippen LogP contribution in [0.3, 0.4) is 0 Å². The van der Waals surface area contributed by atoms with Gasteiger partial charge in [-0.1, -0.05) is 6.07 Å². The van der Waals surface area contributed by atoms with E-state index in [-0.39, 0.29) is 12.0 Å². The second kappa shape index (κ2) is 6.31. The third kappa shape index (κ3) is 3.10. The largest absolute Gasteiger partial charge is 0.377 e. The number of hydrogen-bond acceptors (Lipinski definition) is 4. The molecule has 2 heterocycles. The zero-order chi connectivity index (χ0) is 13.0. The van der Waals surface area contributed by atoms with Gasteiger partial charge in [-0.05, 0) is 31.2 Å². The first-order valence-electron chi connectivity index (χ1n) is 6.41. The first kappa shape index (κ1) is 13.5. The van der Waals surface area contributed by atoms with E-state index in [1.165, 1.54) is 11.3 Å². The van der Waals surface area contributed by atoms with Crippen molar-refractivity contribution in [3.63, 3.8) is 0 Å². The number of likely N-dealkylation sites (tertiary alicyclic amines) is 1. The Morgan fingerprint density at radius 3 is 3.22 bits per heavy atom. The zero-order valence-corrected chi connectivity index (χ0v) is 11.5. The van der Waals surface area contributed by atoms with E-state index in [4.69, 9.17) is 10.5 Å². The Kier molecular flexibility index (Phi) is 4.74. The first-order valence-corrected chi connectivity index (χ1v) is 7.29. The number of thiophene rings is 1. The Labute approximate surface area is 112 Å². The van der Waals surface area contributed by atoms with Gasteiger partial charge in [-0.3, -0.25) is 4.79 Å². The summed E-state index contributed by atoms with van der Waals surface area (Å²) >= 11 is 1.53. The lowest BCUT2D eigenvalue weighted by atomic mass is 10.1. The third-order valence-electron chi connectivity index (χ3n) is 3.21. The van der Waals surface area contributed by atoms with Crippen molar-refractivity contribution in [2.75, 3.05) is 19.7 Å². The predicted octanol–water partition coefficient (Wildman–Crippen LogP) is 1.78. The molecular formula is C13H20N2O2S. The van der Waals surface area contributed by atoms with Gasteiger partial charge in [-0.25, -0.2) is 0 Å². The summed E-state index contributed by atoms with van der Waals surface area (Å²) in [5, 5.41) is 1.95. The molecule has 1 aromatic rings. The molecule has 1 aliphatic rings. The monoisotopic (exact) mass is 268 g/mol.